The third kappa shape index (κ3) is 12.8. The summed E-state index contributed by atoms with van der Waals surface area (Å²) in [5.41, 5.74) is -4.19. The van der Waals surface area contributed by atoms with Crippen LogP contribution in [0.3, 0.4) is 0 Å². The number of carbonyl (C=O) groups is 4. The lowest BCUT2D eigenvalue weighted by Crippen LogP contribution is -2.57. The van der Waals surface area contributed by atoms with Crippen LogP contribution >= 0.6 is 31.1 Å². The summed E-state index contributed by atoms with van der Waals surface area (Å²) in [6.07, 6.45) is -7.41. The first kappa shape index (κ1) is 51.8. The maximum Gasteiger partial charge on any atom is 0.431 e. The van der Waals surface area contributed by atoms with Crippen molar-refractivity contribution in [3.63, 3.8) is 0 Å². The van der Waals surface area contributed by atoms with Gasteiger partial charge in [-0.05, 0) is 42.0 Å². The van der Waals surface area contributed by atoms with Crippen LogP contribution in [0, 0.1) is 0 Å². The van der Waals surface area contributed by atoms with E-state index in [2.05, 4.69) is 43.6 Å². The Hall–Kier alpha value is -4.58. The topological polar surface area (TPSA) is 304 Å². The molecule has 0 saturated carbocycles. The number of aliphatic imine (C=N–C) groups is 1. The van der Waals surface area contributed by atoms with Crippen molar-refractivity contribution in [3.05, 3.63) is 105 Å². The Morgan fingerprint density at radius 1 is 0.710 bits per heavy atom. The van der Waals surface area contributed by atoms with Gasteiger partial charge in [0, 0.05) is 47.0 Å². The second kappa shape index (κ2) is 19.9. The molecule has 0 fully saturated rings. The number of nitrogens with zero attached hydrogens (tertiary/aromatic N) is 1. The Balaban J connectivity index is 1.98. The maximum absolute atomic E-state index is 14.4. The maximum atomic E-state index is 14.4. The van der Waals surface area contributed by atoms with Gasteiger partial charge in [0.2, 0.25) is 23.4 Å². The van der Waals surface area contributed by atoms with Crippen LogP contribution in [0.1, 0.15) is 46.2 Å². The Labute approximate surface area is 355 Å². The SMILES string of the molecule is C=NC(N)(c1cc(Br)cc(CN[C@@H](CCC(=O)O)C(=O)N[C@@H](Cc2ccc(C(F)(F)P(=O)(O)O)cc2)C(=O)N[C@@H](Cc2ccc(C(F)(F)P(=O)(O)O)cc2)C(N)=O)c1)C(F)(F)F. The van der Waals surface area contributed by atoms with Crippen LogP contribution in [-0.4, -0.2) is 79.4 Å². The van der Waals surface area contributed by atoms with Crippen LogP contribution < -0.4 is 27.4 Å². The first-order chi connectivity index (χ1) is 28.3. The van der Waals surface area contributed by atoms with Gasteiger partial charge in [0.25, 0.3) is 0 Å². The molecule has 0 heterocycles. The number of carbonyl (C=O) groups excluding carboxylic acids is 3. The van der Waals surface area contributed by atoms with Crippen molar-refractivity contribution in [2.45, 2.75) is 73.5 Å². The second-order valence-corrected chi connectivity index (χ2v) is 17.8. The summed E-state index contributed by atoms with van der Waals surface area (Å²) in [4.78, 5) is 90.9. The van der Waals surface area contributed by atoms with Crippen molar-refractivity contribution in [1.29, 1.82) is 0 Å². The molecular formula is C35H38BrF7N6O11P2. The molecule has 3 amide bonds. The fourth-order valence-electron chi connectivity index (χ4n) is 5.62. The van der Waals surface area contributed by atoms with Crippen molar-refractivity contribution >= 4 is 61.5 Å². The molecule has 0 aliphatic carbocycles. The molecular weight excluding hydrogens is 955 g/mol. The van der Waals surface area contributed by atoms with Crippen molar-refractivity contribution in [3.8, 4) is 0 Å². The Morgan fingerprint density at radius 2 is 1.15 bits per heavy atom. The number of alkyl halides is 7. The minimum absolute atomic E-state index is 0.0288. The van der Waals surface area contributed by atoms with Gasteiger partial charge in [-0.1, -0.05) is 70.5 Å². The zero-order valence-electron chi connectivity index (χ0n) is 31.5. The number of aliphatic carboxylic acids is 1. The van der Waals surface area contributed by atoms with E-state index in [1.807, 2.05) is 0 Å². The highest BCUT2D eigenvalue weighted by molar-refractivity contribution is 9.10. The summed E-state index contributed by atoms with van der Waals surface area (Å²) in [5, 5.41) is 16.6. The number of nitrogens with one attached hydrogen (secondary N) is 3. The molecule has 0 saturated heterocycles. The van der Waals surface area contributed by atoms with Crippen LogP contribution in [0.2, 0.25) is 0 Å². The minimum atomic E-state index is -6.00. The van der Waals surface area contributed by atoms with Gasteiger partial charge in [0.15, 0.2) is 0 Å². The molecule has 0 bridgehead atoms. The van der Waals surface area contributed by atoms with Gasteiger partial charge in [-0.25, -0.2) is 0 Å². The average Bonchev–Trinajstić information content (AvgIpc) is 3.15. The van der Waals surface area contributed by atoms with E-state index < -0.39 is 129 Å². The Bertz CT molecular complexity index is 2250. The Kier molecular flexibility index (Phi) is 16.6. The predicted molar refractivity (Wildman–Crippen MR) is 208 cm³/mol. The summed E-state index contributed by atoms with van der Waals surface area (Å²) in [7, 11) is -11.9. The van der Waals surface area contributed by atoms with Gasteiger partial charge in [0.1, 0.15) is 12.1 Å². The molecule has 0 spiro atoms. The number of rotatable bonds is 21. The average molecular weight is 994 g/mol. The van der Waals surface area contributed by atoms with Gasteiger partial charge in [-0.2, -0.15) is 30.7 Å². The second-order valence-electron chi connectivity index (χ2n) is 13.6. The van der Waals surface area contributed by atoms with E-state index in [1.54, 1.807) is 0 Å². The molecule has 3 rings (SSSR count). The molecule has 3 aromatic rings. The molecule has 62 heavy (non-hydrogen) atoms. The number of primary amides is 1. The standard InChI is InChI=1S/C35H38BrF7N6O11P2/c1-46-32(45,35(41,42)43)23-12-20(13-24(36)16-23)17-47-25(10-11-28(50)51)30(53)49-27(15-19-4-8-22(9-5-19)34(39,40)62(58,59)60)31(54)48-26(29(44)52)14-18-2-6-21(7-3-18)33(37,38)61(55,56)57/h2-9,12-13,16,25-27,47H,1,10-11,14-15,17,45H2,(H2,44,52)(H,48,54)(H,49,53)(H,50,51)(H2,55,56,57)(H2,58,59,60)/t25-,26-,27-,32?/m0/s1. The van der Waals surface area contributed by atoms with Crippen LogP contribution in [0.25, 0.3) is 0 Å². The number of carboxylic acids is 1. The Morgan fingerprint density at radius 3 is 1.55 bits per heavy atom. The third-order valence-corrected chi connectivity index (χ3v) is 11.5. The van der Waals surface area contributed by atoms with Crippen molar-refractivity contribution in [2.24, 2.45) is 16.5 Å². The predicted octanol–water partition coefficient (Wildman–Crippen LogP) is 3.54. The van der Waals surface area contributed by atoms with E-state index in [0.29, 0.717) is 24.3 Å². The highest BCUT2D eigenvalue weighted by Crippen LogP contribution is 2.60. The lowest BCUT2D eigenvalue weighted by molar-refractivity contribution is -0.186. The fourth-order valence-corrected chi connectivity index (χ4v) is 7.13. The van der Waals surface area contributed by atoms with Crippen molar-refractivity contribution < 1.29 is 83.7 Å². The van der Waals surface area contributed by atoms with Gasteiger partial charge in [-0.3, -0.25) is 39.0 Å². The third-order valence-electron chi connectivity index (χ3n) is 9.10. The van der Waals surface area contributed by atoms with Crippen molar-refractivity contribution in [2.75, 3.05) is 0 Å². The molecule has 0 aliphatic rings. The highest BCUT2D eigenvalue weighted by Gasteiger charge is 2.54. The lowest BCUT2D eigenvalue weighted by Gasteiger charge is -2.28. The number of halogens is 8. The minimum Gasteiger partial charge on any atom is -0.481 e. The summed E-state index contributed by atoms with van der Waals surface area (Å²) < 4.78 is 121. The van der Waals surface area contributed by atoms with E-state index >= 15 is 0 Å². The molecule has 4 atom stereocenters. The molecule has 1 unspecified atom stereocenters. The smallest absolute Gasteiger partial charge is 0.431 e. The zero-order valence-corrected chi connectivity index (χ0v) is 34.9. The molecule has 27 heteroatoms. The first-order valence-electron chi connectivity index (χ1n) is 17.4. The van der Waals surface area contributed by atoms with Crippen LogP contribution in [-0.2, 0) is 64.7 Å². The number of hydrogen-bond acceptors (Lipinski definition) is 9. The number of carboxylic acid groups (broad SMARTS) is 1. The highest BCUT2D eigenvalue weighted by atomic mass is 79.9. The van der Waals surface area contributed by atoms with E-state index in [4.69, 9.17) is 31.0 Å². The summed E-state index contributed by atoms with van der Waals surface area (Å²) in [6.45, 7) is 2.50. The lowest BCUT2D eigenvalue weighted by atomic mass is 9.98. The normalized spacial score (nSPS) is 15.1. The van der Waals surface area contributed by atoms with E-state index in [1.165, 1.54) is 6.07 Å². The fraction of sp³-hybridized carbons (Fsp3) is 0.343. The molecule has 340 valence electrons. The number of hydrogen-bond donors (Lipinski definition) is 10. The summed E-state index contributed by atoms with van der Waals surface area (Å²) in [6, 6.07) is 4.62. The van der Waals surface area contributed by atoms with Gasteiger partial charge < -0.3 is 46.4 Å². The monoisotopic (exact) mass is 992 g/mol. The zero-order chi connectivity index (χ0) is 47.2. The molecule has 0 radical (unpaired) electrons. The van der Waals surface area contributed by atoms with E-state index in [0.717, 1.165) is 36.4 Å². The molecule has 3 aromatic carbocycles. The molecule has 12 N–H and O–H groups in total. The van der Waals surface area contributed by atoms with E-state index in [9.17, 15) is 64.1 Å². The van der Waals surface area contributed by atoms with Crippen LogP contribution in [0.15, 0.2) is 76.2 Å². The molecule has 17 nitrogen and oxygen atoms in total. The van der Waals surface area contributed by atoms with Crippen molar-refractivity contribution in [1.82, 2.24) is 16.0 Å². The number of benzene rings is 3. The van der Waals surface area contributed by atoms with Gasteiger partial charge in [-0.15, -0.1) is 0 Å². The summed E-state index contributed by atoms with van der Waals surface area (Å²) in [5.74, 6) is -4.92. The van der Waals surface area contributed by atoms with Gasteiger partial charge in [0.05, 0.1) is 6.04 Å². The van der Waals surface area contributed by atoms with E-state index in [-0.39, 0.29) is 21.2 Å². The molecule has 0 aliphatic heterocycles. The number of nitrogens with two attached hydrogens (primary N) is 2. The quantitative estimate of drug-likeness (QED) is 0.0416. The van der Waals surface area contributed by atoms with Crippen LogP contribution in [0.5, 0.6) is 0 Å². The molecule has 0 aromatic heterocycles. The largest absolute Gasteiger partial charge is 0.481 e. The van der Waals surface area contributed by atoms with Crippen LogP contribution in [0.4, 0.5) is 30.7 Å². The number of amides is 3. The first-order valence-corrected chi connectivity index (χ1v) is 21.4. The van der Waals surface area contributed by atoms with Gasteiger partial charge >= 0.3 is 38.7 Å². The summed E-state index contributed by atoms with van der Waals surface area (Å²) >= 11 is 3.07.